The van der Waals surface area contributed by atoms with Crippen molar-refractivity contribution in [1.29, 1.82) is 0 Å². The smallest absolute Gasteiger partial charge is 0.410 e. The van der Waals surface area contributed by atoms with E-state index in [0.29, 0.717) is 18.5 Å². The number of carbonyl (C=O) groups excluding carboxylic acids is 2. The van der Waals surface area contributed by atoms with Crippen molar-refractivity contribution in [3.63, 3.8) is 0 Å². The number of ether oxygens (including phenoxy) is 1. The highest BCUT2D eigenvalue weighted by atomic mass is 16.6. The van der Waals surface area contributed by atoms with E-state index in [4.69, 9.17) is 4.74 Å². The zero-order valence-corrected chi connectivity index (χ0v) is 12.2. The molecule has 0 unspecified atom stereocenters. The first kappa shape index (κ1) is 14.2. The van der Waals surface area contributed by atoms with Crippen molar-refractivity contribution in [1.82, 2.24) is 10.2 Å². The molecule has 1 saturated carbocycles. The van der Waals surface area contributed by atoms with Crippen molar-refractivity contribution in [2.24, 2.45) is 5.92 Å². The minimum absolute atomic E-state index is 0.0299. The second kappa shape index (κ2) is 5.02. The molecular weight excluding hydrogens is 244 g/mol. The summed E-state index contributed by atoms with van der Waals surface area (Å²) in [5.41, 5.74) is -0.522. The summed E-state index contributed by atoms with van der Waals surface area (Å²) in [5.74, 6) is 0.540. The van der Waals surface area contributed by atoms with Gasteiger partial charge in [0.1, 0.15) is 11.6 Å². The lowest BCUT2D eigenvalue weighted by Gasteiger charge is -2.28. The van der Waals surface area contributed by atoms with Crippen LogP contribution in [0.3, 0.4) is 0 Å². The Labute approximate surface area is 114 Å². The molecule has 0 aromatic rings. The molecule has 19 heavy (non-hydrogen) atoms. The van der Waals surface area contributed by atoms with Gasteiger partial charge in [-0.15, -0.1) is 0 Å². The quantitative estimate of drug-likeness (QED) is 0.832. The van der Waals surface area contributed by atoms with Crippen molar-refractivity contribution in [2.75, 3.05) is 6.54 Å². The van der Waals surface area contributed by atoms with Crippen molar-refractivity contribution in [3.8, 4) is 0 Å². The summed E-state index contributed by atoms with van der Waals surface area (Å²) in [6, 6.07) is -0.0590. The van der Waals surface area contributed by atoms with Crippen LogP contribution in [0, 0.1) is 5.92 Å². The van der Waals surface area contributed by atoms with Crippen LogP contribution >= 0.6 is 0 Å². The van der Waals surface area contributed by atoms with E-state index in [9.17, 15) is 9.59 Å². The van der Waals surface area contributed by atoms with Gasteiger partial charge in [-0.2, -0.15) is 0 Å². The Morgan fingerprint density at radius 3 is 2.47 bits per heavy atom. The summed E-state index contributed by atoms with van der Waals surface area (Å²) in [6.45, 7) is 8.23. The number of hydrogen-bond acceptors (Lipinski definition) is 3. The standard InChI is InChI=1S/C14H24N2O3/c1-9-8-10(9)15-12(17)11-6-5-7-16(11)13(18)19-14(2,3)4/h9-11H,5-8H2,1-4H3,(H,15,17)/t9-,10+,11+/m1/s1. The Kier molecular flexibility index (Phi) is 3.74. The fourth-order valence-electron chi connectivity index (χ4n) is 2.38. The van der Waals surface area contributed by atoms with E-state index in [-0.39, 0.29) is 18.0 Å². The molecule has 5 heteroatoms. The van der Waals surface area contributed by atoms with Gasteiger partial charge < -0.3 is 10.1 Å². The molecule has 2 amide bonds. The van der Waals surface area contributed by atoms with Crippen LogP contribution in [0.15, 0.2) is 0 Å². The molecule has 0 bridgehead atoms. The second-order valence-corrected chi connectivity index (χ2v) is 6.66. The van der Waals surface area contributed by atoms with E-state index in [1.54, 1.807) is 4.90 Å². The largest absolute Gasteiger partial charge is 0.444 e. The Morgan fingerprint density at radius 1 is 1.32 bits per heavy atom. The molecule has 0 aromatic heterocycles. The van der Waals surface area contributed by atoms with Crippen LogP contribution in [-0.2, 0) is 9.53 Å². The van der Waals surface area contributed by atoms with Crippen LogP contribution in [-0.4, -0.2) is 41.1 Å². The number of nitrogens with one attached hydrogen (secondary N) is 1. The fourth-order valence-corrected chi connectivity index (χ4v) is 2.38. The zero-order valence-electron chi connectivity index (χ0n) is 12.2. The highest BCUT2D eigenvalue weighted by Crippen LogP contribution is 2.30. The lowest BCUT2D eigenvalue weighted by molar-refractivity contribution is -0.125. The van der Waals surface area contributed by atoms with Crippen molar-refractivity contribution >= 4 is 12.0 Å². The molecule has 1 aliphatic carbocycles. The van der Waals surface area contributed by atoms with Crippen LogP contribution < -0.4 is 5.32 Å². The molecule has 3 atom stereocenters. The summed E-state index contributed by atoms with van der Waals surface area (Å²) >= 11 is 0. The van der Waals surface area contributed by atoms with E-state index < -0.39 is 5.60 Å². The van der Waals surface area contributed by atoms with Gasteiger partial charge in [0.25, 0.3) is 0 Å². The Bertz CT molecular complexity index is 375. The normalized spacial score (nSPS) is 30.1. The number of carbonyl (C=O) groups is 2. The molecule has 0 radical (unpaired) electrons. The number of hydrogen-bond donors (Lipinski definition) is 1. The number of amides is 2. The average Bonchev–Trinajstić information content (AvgIpc) is 2.81. The maximum atomic E-state index is 12.2. The summed E-state index contributed by atoms with van der Waals surface area (Å²) in [7, 11) is 0. The van der Waals surface area contributed by atoms with Gasteiger partial charge in [0.2, 0.25) is 5.91 Å². The maximum absolute atomic E-state index is 12.2. The lowest BCUT2D eigenvalue weighted by Crippen LogP contribution is -2.48. The molecule has 2 fully saturated rings. The summed E-state index contributed by atoms with van der Waals surface area (Å²) < 4.78 is 5.35. The zero-order chi connectivity index (χ0) is 14.2. The first-order valence-corrected chi connectivity index (χ1v) is 7.08. The van der Waals surface area contributed by atoms with E-state index in [1.807, 2.05) is 20.8 Å². The molecule has 108 valence electrons. The minimum atomic E-state index is -0.522. The predicted octanol–water partition coefficient (Wildman–Crippen LogP) is 1.91. The Morgan fingerprint density at radius 2 is 1.95 bits per heavy atom. The molecule has 2 aliphatic rings. The van der Waals surface area contributed by atoms with E-state index in [1.165, 1.54) is 0 Å². The molecule has 1 saturated heterocycles. The van der Waals surface area contributed by atoms with Gasteiger partial charge in [0.15, 0.2) is 0 Å². The number of likely N-dealkylation sites (tertiary alicyclic amines) is 1. The van der Waals surface area contributed by atoms with Gasteiger partial charge in [0, 0.05) is 12.6 Å². The van der Waals surface area contributed by atoms with Gasteiger partial charge in [-0.1, -0.05) is 6.92 Å². The minimum Gasteiger partial charge on any atom is -0.444 e. The van der Waals surface area contributed by atoms with Crippen molar-refractivity contribution < 1.29 is 14.3 Å². The summed E-state index contributed by atoms with van der Waals surface area (Å²) in [6.07, 6.45) is 2.25. The first-order valence-electron chi connectivity index (χ1n) is 7.08. The topological polar surface area (TPSA) is 58.6 Å². The van der Waals surface area contributed by atoms with Gasteiger partial charge in [-0.3, -0.25) is 9.69 Å². The van der Waals surface area contributed by atoms with Crippen LogP contribution in [0.1, 0.15) is 47.0 Å². The predicted molar refractivity (Wildman–Crippen MR) is 71.7 cm³/mol. The molecule has 0 aromatic carbocycles. The molecule has 1 heterocycles. The van der Waals surface area contributed by atoms with E-state index >= 15 is 0 Å². The highest BCUT2D eigenvalue weighted by Gasteiger charge is 2.40. The molecular formula is C14H24N2O3. The van der Waals surface area contributed by atoms with Crippen LogP contribution in [0.4, 0.5) is 4.79 Å². The maximum Gasteiger partial charge on any atom is 0.410 e. The highest BCUT2D eigenvalue weighted by molar-refractivity contribution is 5.86. The van der Waals surface area contributed by atoms with Crippen LogP contribution in [0.25, 0.3) is 0 Å². The third-order valence-corrected chi connectivity index (χ3v) is 3.62. The number of nitrogens with zero attached hydrogens (tertiary/aromatic N) is 1. The summed E-state index contributed by atoms with van der Waals surface area (Å²) in [4.78, 5) is 25.8. The fraction of sp³-hybridized carbons (Fsp3) is 0.857. The molecule has 2 rings (SSSR count). The lowest BCUT2D eigenvalue weighted by atomic mass is 10.2. The third-order valence-electron chi connectivity index (χ3n) is 3.62. The SMILES string of the molecule is C[C@@H]1C[C@@H]1NC(=O)[C@@H]1CCCN1C(=O)OC(C)(C)C. The van der Waals surface area contributed by atoms with Crippen LogP contribution in [0.5, 0.6) is 0 Å². The summed E-state index contributed by atoms with van der Waals surface area (Å²) in [5, 5.41) is 3.00. The molecule has 1 N–H and O–H groups in total. The monoisotopic (exact) mass is 268 g/mol. The Balaban J connectivity index is 1.92. The molecule has 0 spiro atoms. The third kappa shape index (κ3) is 3.61. The van der Waals surface area contributed by atoms with Crippen molar-refractivity contribution in [3.05, 3.63) is 0 Å². The first-order chi connectivity index (χ1) is 8.78. The van der Waals surface area contributed by atoms with Gasteiger partial charge in [-0.25, -0.2) is 4.79 Å². The van der Waals surface area contributed by atoms with E-state index in [0.717, 1.165) is 19.3 Å². The van der Waals surface area contributed by atoms with Crippen molar-refractivity contribution in [2.45, 2.75) is 64.6 Å². The average molecular weight is 268 g/mol. The van der Waals surface area contributed by atoms with Crippen LogP contribution in [0.2, 0.25) is 0 Å². The molecule has 5 nitrogen and oxygen atoms in total. The van der Waals surface area contributed by atoms with Gasteiger partial charge >= 0.3 is 6.09 Å². The van der Waals surface area contributed by atoms with E-state index in [2.05, 4.69) is 12.2 Å². The second-order valence-electron chi connectivity index (χ2n) is 6.66. The number of rotatable bonds is 2. The Hall–Kier alpha value is -1.26. The van der Waals surface area contributed by atoms with Gasteiger partial charge in [0.05, 0.1) is 0 Å². The van der Waals surface area contributed by atoms with Gasteiger partial charge in [-0.05, 0) is 46.0 Å². The molecule has 1 aliphatic heterocycles.